The first kappa shape index (κ1) is 13.2. The molecule has 0 aliphatic rings. The number of urea groups is 1. The Morgan fingerprint density at radius 1 is 1.29 bits per heavy atom. The molecule has 0 saturated heterocycles. The molecule has 0 saturated carbocycles. The van der Waals surface area contributed by atoms with Crippen molar-refractivity contribution in [1.29, 1.82) is 0 Å². The van der Waals surface area contributed by atoms with Crippen molar-refractivity contribution < 1.29 is 9.59 Å². The molecule has 0 atom stereocenters. The van der Waals surface area contributed by atoms with E-state index in [1.54, 1.807) is 24.3 Å². The minimum Gasteiger partial charge on any atom is -0.351 e. The van der Waals surface area contributed by atoms with Crippen molar-refractivity contribution in [2.24, 2.45) is 5.73 Å². The van der Waals surface area contributed by atoms with Gasteiger partial charge < -0.3 is 16.4 Å². The van der Waals surface area contributed by atoms with Gasteiger partial charge >= 0.3 is 6.03 Å². The highest BCUT2D eigenvalue weighted by Crippen LogP contribution is 2.09. The molecule has 0 aliphatic heterocycles. The summed E-state index contributed by atoms with van der Waals surface area (Å²) in [5.41, 5.74) is 5.99. The van der Waals surface area contributed by atoms with Crippen molar-refractivity contribution in [2.45, 2.75) is 0 Å². The second-order valence-corrected chi connectivity index (χ2v) is 4.39. The van der Waals surface area contributed by atoms with Crippen LogP contribution in [-0.4, -0.2) is 18.5 Å². The molecule has 0 fully saturated rings. The highest BCUT2D eigenvalue weighted by atomic mass is 79.9. The Kier molecular flexibility index (Phi) is 4.71. The molecule has 0 bridgehead atoms. The van der Waals surface area contributed by atoms with Crippen LogP contribution in [0.2, 0.25) is 0 Å². The molecule has 6 heteroatoms. The van der Waals surface area contributed by atoms with Crippen LogP contribution in [0.4, 0.5) is 10.5 Å². The standard InChI is InChI=1S/C11H12BrN3O2/c1-7(12)6-14-10(16)8-2-4-9(5-3-8)15-11(13)17/h2-5H,1,6H2,(H,14,16)(H3,13,15,17). The number of amides is 3. The van der Waals surface area contributed by atoms with E-state index in [9.17, 15) is 9.59 Å². The molecular formula is C11H12BrN3O2. The third-order valence-electron chi connectivity index (χ3n) is 1.86. The molecule has 1 aromatic rings. The average molecular weight is 298 g/mol. The second-order valence-electron chi connectivity index (χ2n) is 3.27. The van der Waals surface area contributed by atoms with Gasteiger partial charge in [0.2, 0.25) is 0 Å². The van der Waals surface area contributed by atoms with Crippen LogP contribution >= 0.6 is 15.9 Å². The number of anilines is 1. The van der Waals surface area contributed by atoms with E-state index in [1.807, 2.05) is 0 Å². The number of carbonyl (C=O) groups is 2. The zero-order valence-electron chi connectivity index (χ0n) is 9.00. The zero-order valence-corrected chi connectivity index (χ0v) is 10.6. The maximum Gasteiger partial charge on any atom is 0.316 e. The van der Waals surface area contributed by atoms with Crippen LogP contribution in [0, 0.1) is 0 Å². The van der Waals surface area contributed by atoms with Crippen LogP contribution in [0.25, 0.3) is 0 Å². The lowest BCUT2D eigenvalue weighted by Gasteiger charge is -2.05. The quantitative estimate of drug-likeness (QED) is 0.792. The van der Waals surface area contributed by atoms with Crippen molar-refractivity contribution in [2.75, 3.05) is 11.9 Å². The van der Waals surface area contributed by atoms with Crippen LogP contribution in [0.5, 0.6) is 0 Å². The highest BCUT2D eigenvalue weighted by molar-refractivity contribution is 9.11. The molecule has 5 nitrogen and oxygen atoms in total. The summed E-state index contributed by atoms with van der Waals surface area (Å²) >= 11 is 3.14. The largest absolute Gasteiger partial charge is 0.351 e. The van der Waals surface area contributed by atoms with Crippen LogP contribution in [-0.2, 0) is 0 Å². The smallest absolute Gasteiger partial charge is 0.316 e. The van der Waals surface area contributed by atoms with Gasteiger partial charge in [-0.3, -0.25) is 4.79 Å². The van der Waals surface area contributed by atoms with Gasteiger partial charge in [0.1, 0.15) is 0 Å². The number of hydrogen-bond donors (Lipinski definition) is 3. The van der Waals surface area contributed by atoms with Crippen molar-refractivity contribution in [3.05, 3.63) is 40.9 Å². The zero-order chi connectivity index (χ0) is 12.8. The maximum atomic E-state index is 11.6. The van der Waals surface area contributed by atoms with Gasteiger partial charge in [0.05, 0.1) is 0 Å². The van der Waals surface area contributed by atoms with Gasteiger partial charge in [-0.15, -0.1) is 0 Å². The Morgan fingerprint density at radius 2 is 1.88 bits per heavy atom. The fourth-order valence-electron chi connectivity index (χ4n) is 1.13. The summed E-state index contributed by atoms with van der Waals surface area (Å²) in [4.78, 5) is 22.2. The van der Waals surface area contributed by atoms with E-state index < -0.39 is 6.03 Å². The van der Waals surface area contributed by atoms with Crippen molar-refractivity contribution in [1.82, 2.24) is 5.32 Å². The second kappa shape index (κ2) is 6.05. The number of benzene rings is 1. The van der Waals surface area contributed by atoms with E-state index in [0.29, 0.717) is 22.3 Å². The number of primary amides is 1. The lowest BCUT2D eigenvalue weighted by atomic mass is 10.2. The van der Waals surface area contributed by atoms with Gasteiger partial charge in [-0.1, -0.05) is 22.5 Å². The minimum absolute atomic E-state index is 0.212. The third kappa shape index (κ3) is 4.69. The number of rotatable bonds is 4. The van der Waals surface area contributed by atoms with E-state index in [1.165, 1.54) is 0 Å². The Bertz CT molecular complexity index is 443. The topological polar surface area (TPSA) is 84.2 Å². The summed E-state index contributed by atoms with van der Waals surface area (Å²) in [6, 6.07) is 5.75. The van der Waals surface area contributed by atoms with Crippen LogP contribution in [0.15, 0.2) is 35.3 Å². The van der Waals surface area contributed by atoms with Gasteiger partial charge in [0.25, 0.3) is 5.91 Å². The molecule has 1 aromatic carbocycles. The first-order valence-electron chi connectivity index (χ1n) is 4.77. The molecule has 0 unspecified atom stereocenters. The Labute approximate surface area is 107 Å². The first-order chi connectivity index (χ1) is 7.99. The van der Waals surface area contributed by atoms with Gasteiger partial charge in [0, 0.05) is 22.3 Å². The van der Waals surface area contributed by atoms with E-state index in [2.05, 4.69) is 33.1 Å². The lowest BCUT2D eigenvalue weighted by molar-refractivity contribution is 0.0958. The fraction of sp³-hybridized carbons (Fsp3) is 0.0909. The van der Waals surface area contributed by atoms with Gasteiger partial charge in [-0.25, -0.2) is 4.79 Å². The highest BCUT2D eigenvalue weighted by Gasteiger charge is 2.05. The number of nitrogens with one attached hydrogen (secondary N) is 2. The van der Waals surface area contributed by atoms with Crippen molar-refractivity contribution >= 4 is 33.6 Å². The predicted molar refractivity (Wildman–Crippen MR) is 70.0 cm³/mol. The molecule has 0 aliphatic carbocycles. The van der Waals surface area contributed by atoms with E-state index in [4.69, 9.17) is 5.73 Å². The summed E-state index contributed by atoms with van der Waals surface area (Å²) in [5, 5.41) is 5.07. The number of carbonyl (C=O) groups excluding carboxylic acids is 2. The van der Waals surface area contributed by atoms with Crippen LogP contribution < -0.4 is 16.4 Å². The Balaban J connectivity index is 2.63. The predicted octanol–water partition coefficient (Wildman–Crippen LogP) is 1.82. The monoisotopic (exact) mass is 297 g/mol. The van der Waals surface area contributed by atoms with E-state index in [0.717, 1.165) is 0 Å². The Morgan fingerprint density at radius 3 is 2.35 bits per heavy atom. The normalized spacial score (nSPS) is 9.47. The third-order valence-corrected chi connectivity index (χ3v) is 2.14. The molecule has 4 N–H and O–H groups in total. The van der Waals surface area contributed by atoms with E-state index in [-0.39, 0.29) is 5.91 Å². The maximum absolute atomic E-state index is 11.6. The number of nitrogens with two attached hydrogens (primary N) is 1. The first-order valence-corrected chi connectivity index (χ1v) is 5.56. The average Bonchev–Trinajstić information content (AvgIpc) is 2.26. The SMILES string of the molecule is C=C(Br)CNC(=O)c1ccc(NC(N)=O)cc1. The minimum atomic E-state index is -0.641. The molecule has 90 valence electrons. The van der Waals surface area contributed by atoms with Crippen LogP contribution in [0.3, 0.4) is 0 Å². The molecular weight excluding hydrogens is 286 g/mol. The molecule has 17 heavy (non-hydrogen) atoms. The number of halogens is 1. The van der Waals surface area contributed by atoms with Crippen molar-refractivity contribution in [3.8, 4) is 0 Å². The fourth-order valence-corrected chi connectivity index (χ4v) is 1.27. The lowest BCUT2D eigenvalue weighted by Crippen LogP contribution is -2.24. The molecule has 0 spiro atoms. The molecule has 0 aromatic heterocycles. The molecule has 1 rings (SSSR count). The molecule has 0 radical (unpaired) electrons. The van der Waals surface area contributed by atoms with Crippen LogP contribution in [0.1, 0.15) is 10.4 Å². The molecule has 0 heterocycles. The summed E-state index contributed by atoms with van der Waals surface area (Å²) in [7, 11) is 0. The summed E-state index contributed by atoms with van der Waals surface area (Å²) < 4.78 is 0.692. The summed E-state index contributed by atoms with van der Waals surface area (Å²) in [5.74, 6) is -0.212. The van der Waals surface area contributed by atoms with Gasteiger partial charge in [-0.05, 0) is 24.3 Å². The Hall–Kier alpha value is -1.82. The van der Waals surface area contributed by atoms with E-state index >= 15 is 0 Å². The van der Waals surface area contributed by atoms with Crippen molar-refractivity contribution in [3.63, 3.8) is 0 Å². The number of hydrogen-bond acceptors (Lipinski definition) is 2. The summed E-state index contributed by atoms with van der Waals surface area (Å²) in [6.45, 7) is 3.97. The summed E-state index contributed by atoms with van der Waals surface area (Å²) in [6.07, 6.45) is 0. The van der Waals surface area contributed by atoms with Gasteiger partial charge in [-0.2, -0.15) is 0 Å². The molecule has 3 amide bonds. The van der Waals surface area contributed by atoms with Gasteiger partial charge in [0.15, 0.2) is 0 Å².